The Balaban J connectivity index is 1.02. The number of allylic oxidation sites excluding steroid dienone is 1. The quantitative estimate of drug-likeness (QED) is 0.173. The molecule has 2 aliphatic rings. The van der Waals surface area contributed by atoms with Crippen LogP contribution in [0.25, 0.3) is 71.2 Å². The minimum atomic E-state index is -0.174. The highest BCUT2D eigenvalue weighted by Gasteiger charge is 2.33. The zero-order valence-electron chi connectivity index (χ0n) is 27.7. The van der Waals surface area contributed by atoms with Crippen LogP contribution in [0.15, 0.2) is 142 Å². The van der Waals surface area contributed by atoms with Gasteiger partial charge in [0.25, 0.3) is 0 Å². The molecule has 11 rings (SSSR count). The Kier molecular flexibility index (Phi) is 6.61. The van der Waals surface area contributed by atoms with Gasteiger partial charge in [-0.2, -0.15) is 0 Å². The van der Waals surface area contributed by atoms with Crippen LogP contribution in [0.3, 0.4) is 0 Å². The van der Waals surface area contributed by atoms with Crippen LogP contribution in [0.1, 0.15) is 52.0 Å². The SMILES string of the molecule is C1=Cc2sc3cccc(C4NC(c5ccccc5)NC(c5cccc6c5oc5cc(-c7ccc8oc9ccccc9c8c7)ccc56)N4)c3c2CC1. The second kappa shape index (κ2) is 11.5. The van der Waals surface area contributed by atoms with Crippen molar-refractivity contribution < 1.29 is 8.83 Å². The fraction of sp³-hybridized carbons (Fsp3) is 0.111. The van der Waals surface area contributed by atoms with Gasteiger partial charge in [0.15, 0.2) is 0 Å². The number of furan rings is 2. The summed E-state index contributed by atoms with van der Waals surface area (Å²) in [5, 5.41) is 17.6. The molecule has 1 aliphatic heterocycles. The Morgan fingerprint density at radius 1 is 0.549 bits per heavy atom. The van der Waals surface area contributed by atoms with E-state index in [9.17, 15) is 0 Å². The lowest BCUT2D eigenvalue weighted by molar-refractivity contribution is 0.204. The largest absolute Gasteiger partial charge is 0.456 e. The molecular weight excluding hydrogens is 647 g/mol. The van der Waals surface area contributed by atoms with Gasteiger partial charge in [-0.25, -0.2) is 0 Å². The summed E-state index contributed by atoms with van der Waals surface area (Å²) in [6.07, 6.45) is 6.43. The summed E-state index contributed by atoms with van der Waals surface area (Å²) >= 11 is 1.90. The molecule has 3 N–H and O–H groups in total. The normalized spacial score (nSPS) is 19.1. The van der Waals surface area contributed by atoms with Crippen LogP contribution in [-0.2, 0) is 6.42 Å². The molecule has 0 amide bonds. The van der Waals surface area contributed by atoms with Crippen LogP contribution in [0, 0.1) is 0 Å². The van der Waals surface area contributed by atoms with E-state index in [0.717, 1.165) is 73.4 Å². The van der Waals surface area contributed by atoms with E-state index < -0.39 is 0 Å². The summed E-state index contributed by atoms with van der Waals surface area (Å²) < 4.78 is 14.3. The van der Waals surface area contributed by atoms with E-state index in [2.05, 4.69) is 143 Å². The zero-order valence-corrected chi connectivity index (χ0v) is 28.5. The zero-order chi connectivity index (χ0) is 33.5. The van der Waals surface area contributed by atoms with Crippen LogP contribution in [0.5, 0.6) is 0 Å². The highest BCUT2D eigenvalue weighted by Crippen LogP contribution is 2.42. The van der Waals surface area contributed by atoms with Crippen LogP contribution < -0.4 is 16.0 Å². The summed E-state index contributed by atoms with van der Waals surface area (Å²) in [5.41, 5.74) is 10.9. The Labute approximate surface area is 298 Å². The monoisotopic (exact) mass is 679 g/mol. The first-order chi connectivity index (χ1) is 25.2. The summed E-state index contributed by atoms with van der Waals surface area (Å²) in [4.78, 5) is 1.39. The van der Waals surface area contributed by atoms with Gasteiger partial charge in [0.1, 0.15) is 22.3 Å². The predicted molar refractivity (Wildman–Crippen MR) is 210 cm³/mol. The van der Waals surface area contributed by atoms with Crippen molar-refractivity contribution in [2.24, 2.45) is 0 Å². The van der Waals surface area contributed by atoms with Crippen molar-refractivity contribution in [3.63, 3.8) is 0 Å². The number of rotatable bonds is 4. The number of aryl methyl sites for hydroxylation is 1. The lowest BCUT2D eigenvalue weighted by Gasteiger charge is -2.40. The van der Waals surface area contributed by atoms with Crippen molar-refractivity contribution in [2.75, 3.05) is 0 Å². The maximum atomic E-state index is 6.83. The van der Waals surface area contributed by atoms with Crippen molar-refractivity contribution in [1.82, 2.24) is 16.0 Å². The first-order valence-corrected chi connectivity index (χ1v) is 18.5. The highest BCUT2D eigenvalue weighted by atomic mass is 32.1. The first kappa shape index (κ1) is 29.3. The summed E-state index contributed by atoms with van der Waals surface area (Å²) in [5.74, 6) is 0. The molecule has 0 spiro atoms. The minimum Gasteiger partial charge on any atom is -0.456 e. The van der Waals surface area contributed by atoms with Crippen molar-refractivity contribution in [1.29, 1.82) is 0 Å². The Bertz CT molecular complexity index is 2830. The Morgan fingerprint density at radius 3 is 2.22 bits per heavy atom. The fourth-order valence-corrected chi connectivity index (χ4v) is 9.49. The molecule has 1 saturated heterocycles. The van der Waals surface area contributed by atoms with Crippen molar-refractivity contribution >= 4 is 71.4 Å². The van der Waals surface area contributed by atoms with Gasteiger partial charge in [0.2, 0.25) is 0 Å². The minimum absolute atomic E-state index is 0.0766. The highest BCUT2D eigenvalue weighted by molar-refractivity contribution is 7.20. The number of para-hydroxylation sites is 2. The molecule has 0 radical (unpaired) electrons. The van der Waals surface area contributed by atoms with Gasteiger partial charge in [-0.1, -0.05) is 97.1 Å². The number of nitrogens with one attached hydrogen (secondary N) is 3. The molecule has 51 heavy (non-hydrogen) atoms. The maximum absolute atomic E-state index is 6.83. The summed E-state index contributed by atoms with van der Waals surface area (Å²) in [7, 11) is 0. The van der Waals surface area contributed by atoms with Crippen LogP contribution in [-0.4, -0.2) is 0 Å². The molecule has 3 unspecified atom stereocenters. The first-order valence-electron chi connectivity index (χ1n) is 17.7. The number of hydrogen-bond donors (Lipinski definition) is 3. The molecule has 4 heterocycles. The lowest BCUT2D eigenvalue weighted by Crippen LogP contribution is -2.54. The molecule has 6 aromatic carbocycles. The molecule has 6 heteroatoms. The molecule has 9 aromatic rings. The predicted octanol–water partition coefficient (Wildman–Crippen LogP) is 11.5. The molecule has 5 nitrogen and oxygen atoms in total. The molecule has 0 saturated carbocycles. The summed E-state index contributed by atoms with van der Waals surface area (Å²) in [6.45, 7) is 0. The van der Waals surface area contributed by atoms with Crippen molar-refractivity contribution in [2.45, 2.75) is 31.3 Å². The van der Waals surface area contributed by atoms with Gasteiger partial charge in [0.05, 0.1) is 18.5 Å². The Morgan fingerprint density at radius 2 is 1.27 bits per heavy atom. The van der Waals surface area contributed by atoms with Gasteiger partial charge < -0.3 is 8.83 Å². The van der Waals surface area contributed by atoms with Gasteiger partial charge in [0, 0.05) is 42.1 Å². The van der Waals surface area contributed by atoms with Crippen LogP contribution in [0.2, 0.25) is 0 Å². The third-order valence-electron chi connectivity index (χ3n) is 10.7. The van der Waals surface area contributed by atoms with E-state index in [1.54, 1.807) is 0 Å². The molecule has 3 atom stereocenters. The number of benzene rings is 6. The molecule has 1 fully saturated rings. The van der Waals surface area contributed by atoms with E-state index in [4.69, 9.17) is 8.83 Å². The van der Waals surface area contributed by atoms with Gasteiger partial charge in [-0.3, -0.25) is 16.0 Å². The molecular formula is C45H33N3O2S. The topological polar surface area (TPSA) is 62.4 Å². The molecule has 246 valence electrons. The summed E-state index contributed by atoms with van der Waals surface area (Å²) in [6, 6.07) is 45.2. The van der Waals surface area contributed by atoms with Crippen LogP contribution in [0.4, 0.5) is 0 Å². The number of fused-ring (bicyclic) bond motifs is 9. The van der Waals surface area contributed by atoms with Gasteiger partial charge in [-0.15, -0.1) is 11.3 Å². The molecule has 3 aromatic heterocycles. The van der Waals surface area contributed by atoms with Crippen LogP contribution >= 0.6 is 11.3 Å². The van der Waals surface area contributed by atoms with Crippen molar-refractivity contribution in [3.8, 4) is 11.1 Å². The maximum Gasteiger partial charge on any atom is 0.141 e. The number of hydrogen-bond acceptors (Lipinski definition) is 6. The second-order valence-electron chi connectivity index (χ2n) is 13.7. The van der Waals surface area contributed by atoms with E-state index in [1.165, 1.54) is 31.7 Å². The molecule has 0 bridgehead atoms. The lowest BCUT2D eigenvalue weighted by atomic mass is 9.95. The fourth-order valence-electron chi connectivity index (χ4n) is 8.27. The Hall–Kier alpha value is -5.50. The van der Waals surface area contributed by atoms with Gasteiger partial charge in [-0.05, 0) is 83.1 Å². The third kappa shape index (κ3) is 4.72. The average Bonchev–Trinajstić information content (AvgIpc) is 3.88. The second-order valence-corrected chi connectivity index (χ2v) is 14.7. The van der Waals surface area contributed by atoms with E-state index in [-0.39, 0.29) is 18.5 Å². The number of thiophene rings is 1. The smallest absolute Gasteiger partial charge is 0.141 e. The standard InChI is InChI=1S/C45H33N3O2S/c1-2-10-26(11-3-1)43-46-44(33-15-9-19-40-41(33)32-13-5-7-18-39(32)51-40)48-45(47-43)34-16-8-14-31-30-22-20-28(25-38(30)50-42(31)34)27-21-23-37-35(24-27)29-12-4-6-17-36(29)49-37/h1-4,6-12,14-25,43-48H,5,13H2. The average molecular weight is 680 g/mol. The van der Waals surface area contributed by atoms with Crippen molar-refractivity contribution in [3.05, 3.63) is 161 Å². The molecule has 1 aliphatic carbocycles. The van der Waals surface area contributed by atoms with Gasteiger partial charge >= 0.3 is 0 Å². The third-order valence-corrected chi connectivity index (χ3v) is 11.9. The van der Waals surface area contributed by atoms with E-state index in [0.29, 0.717) is 0 Å². The van der Waals surface area contributed by atoms with E-state index in [1.807, 2.05) is 23.5 Å². The van der Waals surface area contributed by atoms with E-state index >= 15 is 0 Å².